The minimum atomic E-state index is 0.604. The molecule has 2 nitrogen and oxygen atoms in total. The van der Waals surface area contributed by atoms with Gasteiger partial charge in [0.2, 0.25) is 0 Å². The lowest BCUT2D eigenvalue weighted by Crippen LogP contribution is -2.41. The van der Waals surface area contributed by atoms with Gasteiger partial charge >= 0.3 is 0 Å². The van der Waals surface area contributed by atoms with E-state index >= 15 is 0 Å². The molecule has 18 heavy (non-hydrogen) atoms. The number of nitrogens with one attached hydrogen (secondary N) is 1. The first kappa shape index (κ1) is 16.0. The van der Waals surface area contributed by atoms with Crippen LogP contribution in [0.2, 0.25) is 0 Å². The molecule has 1 saturated carbocycles. The van der Waals surface area contributed by atoms with Crippen LogP contribution in [0.25, 0.3) is 0 Å². The highest BCUT2D eigenvalue weighted by molar-refractivity contribution is 4.79. The maximum absolute atomic E-state index is 5.89. The molecule has 0 bridgehead atoms. The van der Waals surface area contributed by atoms with Crippen molar-refractivity contribution in [2.24, 2.45) is 5.92 Å². The van der Waals surface area contributed by atoms with Crippen LogP contribution in [-0.4, -0.2) is 25.8 Å². The first-order valence-electron chi connectivity index (χ1n) is 8.19. The van der Waals surface area contributed by atoms with Crippen molar-refractivity contribution in [2.75, 3.05) is 19.8 Å². The molecule has 0 heterocycles. The van der Waals surface area contributed by atoms with Gasteiger partial charge in [0.15, 0.2) is 0 Å². The second-order valence-electron chi connectivity index (χ2n) is 5.74. The summed E-state index contributed by atoms with van der Waals surface area (Å²) >= 11 is 0. The minimum absolute atomic E-state index is 0.604. The Morgan fingerprint density at radius 2 is 1.83 bits per heavy atom. The normalized spacial score (nSPS) is 19.0. The molecule has 0 aromatic carbocycles. The Morgan fingerprint density at radius 1 is 1.06 bits per heavy atom. The van der Waals surface area contributed by atoms with E-state index in [9.17, 15) is 0 Å². The molecule has 0 saturated heterocycles. The van der Waals surface area contributed by atoms with Crippen LogP contribution < -0.4 is 5.32 Å². The molecule has 108 valence electrons. The molecule has 1 aliphatic carbocycles. The van der Waals surface area contributed by atoms with Crippen LogP contribution in [0.4, 0.5) is 0 Å². The van der Waals surface area contributed by atoms with Crippen LogP contribution in [0, 0.1) is 5.92 Å². The Balaban J connectivity index is 2.21. The summed E-state index contributed by atoms with van der Waals surface area (Å²) in [6.07, 6.45) is 12.1. The fraction of sp³-hybridized carbons (Fsp3) is 1.00. The lowest BCUT2D eigenvalue weighted by atomic mass is 9.84. The summed E-state index contributed by atoms with van der Waals surface area (Å²) < 4.78 is 5.89. The van der Waals surface area contributed by atoms with Crippen molar-refractivity contribution in [3.8, 4) is 0 Å². The van der Waals surface area contributed by atoms with Crippen LogP contribution in [0.5, 0.6) is 0 Å². The standard InChI is InChI=1S/C16H33NO/c1-3-5-9-13-18-14-16(17-12-4-2)15-10-7-6-8-11-15/h15-17H,3-14H2,1-2H3. The first-order valence-corrected chi connectivity index (χ1v) is 8.19. The van der Waals surface area contributed by atoms with E-state index in [1.165, 1.54) is 57.8 Å². The fourth-order valence-corrected chi connectivity index (χ4v) is 2.89. The fourth-order valence-electron chi connectivity index (χ4n) is 2.89. The Kier molecular flexibility index (Phi) is 9.59. The monoisotopic (exact) mass is 255 g/mol. The molecular weight excluding hydrogens is 222 g/mol. The predicted molar refractivity (Wildman–Crippen MR) is 79.0 cm³/mol. The maximum atomic E-state index is 5.89. The second-order valence-corrected chi connectivity index (χ2v) is 5.74. The molecular formula is C16H33NO. The van der Waals surface area contributed by atoms with Crippen molar-refractivity contribution in [2.45, 2.75) is 77.7 Å². The summed E-state index contributed by atoms with van der Waals surface area (Å²) in [4.78, 5) is 0. The molecule has 1 atom stereocenters. The Hall–Kier alpha value is -0.0800. The Labute approximate surface area is 114 Å². The quantitative estimate of drug-likeness (QED) is 0.592. The predicted octanol–water partition coefficient (Wildman–Crippen LogP) is 4.14. The van der Waals surface area contributed by atoms with Gasteiger partial charge in [-0.05, 0) is 38.1 Å². The molecule has 1 fully saturated rings. The third kappa shape index (κ3) is 6.75. The molecule has 1 aliphatic rings. The molecule has 1 N–H and O–H groups in total. The topological polar surface area (TPSA) is 21.3 Å². The molecule has 2 heteroatoms. The van der Waals surface area contributed by atoms with Gasteiger partial charge < -0.3 is 10.1 Å². The van der Waals surface area contributed by atoms with E-state index in [-0.39, 0.29) is 0 Å². The summed E-state index contributed by atoms with van der Waals surface area (Å²) in [5.41, 5.74) is 0. The second kappa shape index (κ2) is 10.8. The van der Waals surface area contributed by atoms with E-state index in [0.29, 0.717) is 6.04 Å². The van der Waals surface area contributed by atoms with Gasteiger partial charge in [-0.2, -0.15) is 0 Å². The lowest BCUT2D eigenvalue weighted by Gasteiger charge is -2.31. The summed E-state index contributed by atoms with van der Waals surface area (Å²) in [6.45, 7) is 7.50. The third-order valence-electron chi connectivity index (χ3n) is 4.07. The number of hydrogen-bond donors (Lipinski definition) is 1. The number of hydrogen-bond acceptors (Lipinski definition) is 2. The van der Waals surface area contributed by atoms with E-state index in [1.54, 1.807) is 0 Å². The van der Waals surface area contributed by atoms with Gasteiger partial charge in [-0.15, -0.1) is 0 Å². The van der Waals surface area contributed by atoms with Crippen molar-refractivity contribution >= 4 is 0 Å². The zero-order valence-electron chi connectivity index (χ0n) is 12.5. The molecule has 0 radical (unpaired) electrons. The van der Waals surface area contributed by atoms with Gasteiger partial charge in [-0.25, -0.2) is 0 Å². The van der Waals surface area contributed by atoms with Crippen LogP contribution in [-0.2, 0) is 4.74 Å². The molecule has 1 rings (SSSR count). The van der Waals surface area contributed by atoms with Crippen LogP contribution in [0.15, 0.2) is 0 Å². The zero-order valence-corrected chi connectivity index (χ0v) is 12.5. The maximum Gasteiger partial charge on any atom is 0.0622 e. The van der Waals surface area contributed by atoms with Gasteiger partial charge in [-0.3, -0.25) is 0 Å². The smallest absolute Gasteiger partial charge is 0.0622 e. The number of unbranched alkanes of at least 4 members (excludes halogenated alkanes) is 2. The van der Waals surface area contributed by atoms with Crippen molar-refractivity contribution in [3.05, 3.63) is 0 Å². The van der Waals surface area contributed by atoms with E-state index in [1.807, 2.05) is 0 Å². The van der Waals surface area contributed by atoms with Gasteiger partial charge in [0.1, 0.15) is 0 Å². The molecule has 0 aliphatic heterocycles. The molecule has 0 aromatic rings. The largest absolute Gasteiger partial charge is 0.380 e. The molecule has 1 unspecified atom stereocenters. The van der Waals surface area contributed by atoms with Crippen LogP contribution in [0.3, 0.4) is 0 Å². The summed E-state index contributed by atoms with van der Waals surface area (Å²) in [7, 11) is 0. The first-order chi connectivity index (χ1) is 8.88. The van der Waals surface area contributed by atoms with Crippen LogP contribution >= 0.6 is 0 Å². The van der Waals surface area contributed by atoms with Gasteiger partial charge in [0, 0.05) is 12.6 Å². The van der Waals surface area contributed by atoms with E-state index < -0.39 is 0 Å². The number of rotatable bonds is 10. The molecule has 0 amide bonds. The average molecular weight is 255 g/mol. The van der Waals surface area contributed by atoms with Crippen molar-refractivity contribution in [1.29, 1.82) is 0 Å². The molecule has 0 spiro atoms. The summed E-state index contributed by atoms with van der Waals surface area (Å²) in [5, 5.41) is 3.71. The summed E-state index contributed by atoms with van der Waals surface area (Å²) in [5.74, 6) is 0.858. The SMILES string of the molecule is CCCCCOCC(NCCC)C1CCCCC1. The highest BCUT2D eigenvalue weighted by atomic mass is 16.5. The Morgan fingerprint density at radius 3 is 2.50 bits per heavy atom. The highest BCUT2D eigenvalue weighted by Crippen LogP contribution is 2.26. The minimum Gasteiger partial charge on any atom is -0.380 e. The average Bonchev–Trinajstić information content (AvgIpc) is 2.43. The van der Waals surface area contributed by atoms with Crippen molar-refractivity contribution in [1.82, 2.24) is 5.32 Å². The van der Waals surface area contributed by atoms with Crippen molar-refractivity contribution < 1.29 is 4.74 Å². The van der Waals surface area contributed by atoms with E-state index in [0.717, 1.165) is 25.7 Å². The Bertz CT molecular complexity index is 178. The zero-order chi connectivity index (χ0) is 13.1. The van der Waals surface area contributed by atoms with E-state index in [2.05, 4.69) is 19.2 Å². The lowest BCUT2D eigenvalue weighted by molar-refractivity contribution is 0.0819. The van der Waals surface area contributed by atoms with Gasteiger partial charge in [-0.1, -0.05) is 46.0 Å². The highest BCUT2D eigenvalue weighted by Gasteiger charge is 2.22. The molecule has 0 aromatic heterocycles. The van der Waals surface area contributed by atoms with Gasteiger partial charge in [0.05, 0.1) is 6.61 Å². The summed E-state index contributed by atoms with van der Waals surface area (Å²) in [6, 6.07) is 0.604. The van der Waals surface area contributed by atoms with Crippen molar-refractivity contribution in [3.63, 3.8) is 0 Å². The van der Waals surface area contributed by atoms with E-state index in [4.69, 9.17) is 4.74 Å². The van der Waals surface area contributed by atoms with Crippen LogP contribution in [0.1, 0.15) is 71.6 Å². The third-order valence-corrected chi connectivity index (χ3v) is 4.07. The van der Waals surface area contributed by atoms with Gasteiger partial charge in [0.25, 0.3) is 0 Å². The number of ether oxygens (including phenoxy) is 1.